The molecule has 8 heteroatoms. The van der Waals surface area contributed by atoms with E-state index in [-0.39, 0.29) is 16.3 Å². The van der Waals surface area contributed by atoms with Crippen LogP contribution in [0.3, 0.4) is 0 Å². The molecule has 0 aromatic heterocycles. The topological polar surface area (TPSA) is 35.5 Å². The zero-order valence-electron chi connectivity index (χ0n) is 12.0. The third kappa shape index (κ3) is 5.27. The molecular weight excluding hydrogens is 352 g/mol. The Bertz CT molecular complexity index is 689. The van der Waals surface area contributed by atoms with Crippen LogP contribution in [0.5, 0.6) is 5.75 Å². The fourth-order valence-corrected chi connectivity index (χ4v) is 3.13. The summed E-state index contributed by atoms with van der Waals surface area (Å²) in [6.07, 6.45) is -7.13. The van der Waals surface area contributed by atoms with E-state index in [9.17, 15) is 17.7 Å². The number of benzene rings is 2. The zero-order valence-corrected chi connectivity index (χ0v) is 13.6. The Morgan fingerprint density at radius 2 is 1.61 bits per heavy atom. The molecule has 0 saturated heterocycles. The second kappa shape index (κ2) is 6.95. The van der Waals surface area contributed by atoms with Crippen LogP contribution in [-0.4, -0.2) is 12.8 Å². The molecule has 0 N–H and O–H groups in total. The molecule has 23 heavy (non-hydrogen) atoms. The molecule has 2 aromatic rings. The maximum absolute atomic E-state index is 13.2. The maximum atomic E-state index is 13.2. The zero-order chi connectivity index (χ0) is 17.1. The fraction of sp³-hybridized carbons (Fsp3) is 0.200. The van der Waals surface area contributed by atoms with Gasteiger partial charge < -0.3 is 4.52 Å². The molecule has 2 atom stereocenters. The first-order chi connectivity index (χ1) is 10.7. The second-order valence-corrected chi connectivity index (χ2v) is 7.13. The third-order valence-electron chi connectivity index (χ3n) is 2.78. The van der Waals surface area contributed by atoms with Gasteiger partial charge in [0.1, 0.15) is 5.75 Å². The monoisotopic (exact) mass is 364 g/mol. The molecule has 0 bridgehead atoms. The van der Waals surface area contributed by atoms with Gasteiger partial charge in [-0.15, -0.1) is 0 Å². The minimum atomic E-state index is -4.75. The molecule has 0 aliphatic heterocycles. The molecule has 0 aliphatic rings. The standard InChI is InChI=1S/C15H13ClF3O3P/c1-23(20,21-13-5-3-2-4-6-13)22-14(15(17,18)19)11-7-9-12(16)10-8-11/h2-10,14H,1H3/t14-,23-/m1/s1. The van der Waals surface area contributed by atoms with Gasteiger partial charge in [0.2, 0.25) is 0 Å². The van der Waals surface area contributed by atoms with Gasteiger partial charge in [-0.05, 0) is 29.8 Å². The highest BCUT2D eigenvalue weighted by Crippen LogP contribution is 2.52. The van der Waals surface area contributed by atoms with Crippen LogP contribution in [0.15, 0.2) is 54.6 Å². The van der Waals surface area contributed by atoms with E-state index in [4.69, 9.17) is 20.6 Å². The van der Waals surface area contributed by atoms with Crippen LogP contribution < -0.4 is 4.52 Å². The molecule has 0 amide bonds. The Morgan fingerprint density at radius 3 is 2.13 bits per heavy atom. The first-order valence-electron chi connectivity index (χ1n) is 6.50. The minimum Gasteiger partial charge on any atom is -0.425 e. The van der Waals surface area contributed by atoms with Crippen molar-refractivity contribution in [2.24, 2.45) is 0 Å². The molecular formula is C15H13ClF3O3P. The van der Waals surface area contributed by atoms with Crippen LogP contribution in [0, 0.1) is 0 Å². The van der Waals surface area contributed by atoms with Crippen molar-refractivity contribution in [1.29, 1.82) is 0 Å². The Labute approximate surface area is 136 Å². The van der Waals surface area contributed by atoms with Crippen LogP contribution in [0.4, 0.5) is 13.2 Å². The van der Waals surface area contributed by atoms with Crippen molar-refractivity contribution in [3.05, 3.63) is 65.2 Å². The molecule has 0 aliphatic carbocycles. The number of para-hydroxylation sites is 1. The Morgan fingerprint density at radius 1 is 1.04 bits per heavy atom. The summed E-state index contributed by atoms with van der Waals surface area (Å²) in [7, 11) is -4.00. The first-order valence-corrected chi connectivity index (χ1v) is 8.87. The van der Waals surface area contributed by atoms with E-state index in [0.29, 0.717) is 0 Å². The van der Waals surface area contributed by atoms with Crippen LogP contribution in [0.1, 0.15) is 11.7 Å². The second-order valence-electron chi connectivity index (χ2n) is 4.75. The molecule has 0 fully saturated rings. The van der Waals surface area contributed by atoms with Crippen LogP contribution in [-0.2, 0) is 9.09 Å². The van der Waals surface area contributed by atoms with Crippen molar-refractivity contribution in [3.8, 4) is 5.75 Å². The Kier molecular flexibility index (Phi) is 5.40. The van der Waals surface area contributed by atoms with Gasteiger partial charge in [-0.3, -0.25) is 4.52 Å². The van der Waals surface area contributed by atoms with E-state index >= 15 is 0 Å². The van der Waals surface area contributed by atoms with Crippen LogP contribution in [0.25, 0.3) is 0 Å². The quantitative estimate of drug-likeness (QED) is 0.623. The molecule has 0 radical (unpaired) electrons. The van der Waals surface area contributed by atoms with Gasteiger partial charge in [0.15, 0.2) is 6.10 Å². The van der Waals surface area contributed by atoms with Gasteiger partial charge in [-0.25, -0.2) is 4.57 Å². The summed E-state index contributed by atoms with van der Waals surface area (Å²) in [4.78, 5) is 0. The highest BCUT2D eigenvalue weighted by molar-refractivity contribution is 7.53. The highest BCUT2D eigenvalue weighted by atomic mass is 35.5. The summed E-state index contributed by atoms with van der Waals surface area (Å²) in [5.41, 5.74) is -0.208. The first kappa shape index (κ1) is 17.9. The highest BCUT2D eigenvalue weighted by Gasteiger charge is 2.45. The maximum Gasteiger partial charge on any atom is 0.419 e. The SMILES string of the molecule is C[P@@](=O)(Oc1ccccc1)O[C@H](c1ccc(Cl)cc1)C(F)(F)F. The van der Waals surface area contributed by atoms with Crippen molar-refractivity contribution < 1.29 is 26.8 Å². The van der Waals surface area contributed by atoms with Gasteiger partial charge in [-0.2, -0.15) is 13.2 Å². The number of rotatable bonds is 5. The molecule has 2 aromatic carbocycles. The van der Waals surface area contributed by atoms with Crippen molar-refractivity contribution in [1.82, 2.24) is 0 Å². The normalized spacial score (nSPS) is 15.7. The number of hydrogen-bond acceptors (Lipinski definition) is 3. The van der Waals surface area contributed by atoms with E-state index in [1.807, 2.05) is 0 Å². The predicted octanol–water partition coefficient (Wildman–Crippen LogP) is 5.86. The summed E-state index contributed by atoms with van der Waals surface area (Å²) in [6.45, 7) is 0.995. The lowest BCUT2D eigenvalue weighted by molar-refractivity contribution is -0.199. The molecule has 124 valence electrons. The van der Waals surface area contributed by atoms with E-state index in [2.05, 4.69) is 0 Å². The third-order valence-corrected chi connectivity index (χ3v) is 4.17. The van der Waals surface area contributed by atoms with Gasteiger partial charge in [0, 0.05) is 11.7 Å². The van der Waals surface area contributed by atoms with Gasteiger partial charge in [0.05, 0.1) is 0 Å². The molecule has 0 spiro atoms. The smallest absolute Gasteiger partial charge is 0.419 e. The molecule has 3 nitrogen and oxygen atoms in total. The van der Waals surface area contributed by atoms with E-state index in [1.54, 1.807) is 18.2 Å². The minimum absolute atomic E-state index is 0.162. The number of alkyl halides is 3. The number of halogens is 4. The Balaban J connectivity index is 2.23. The van der Waals surface area contributed by atoms with E-state index < -0.39 is 19.9 Å². The number of hydrogen-bond donors (Lipinski definition) is 0. The van der Waals surface area contributed by atoms with Crippen molar-refractivity contribution in [3.63, 3.8) is 0 Å². The largest absolute Gasteiger partial charge is 0.425 e. The average Bonchev–Trinajstić information content (AvgIpc) is 2.45. The molecule has 0 unspecified atom stereocenters. The summed E-state index contributed by atoms with van der Waals surface area (Å²) < 4.78 is 61.9. The molecule has 0 heterocycles. The van der Waals surface area contributed by atoms with Crippen LogP contribution in [0.2, 0.25) is 5.02 Å². The summed E-state index contributed by atoms with van der Waals surface area (Å²) >= 11 is 5.67. The lowest BCUT2D eigenvalue weighted by Gasteiger charge is -2.25. The van der Waals surface area contributed by atoms with E-state index in [0.717, 1.165) is 6.66 Å². The Hall–Kier alpha value is -1.49. The molecule has 2 rings (SSSR count). The summed E-state index contributed by atoms with van der Waals surface area (Å²) in [5, 5.41) is 0.287. The van der Waals surface area contributed by atoms with Gasteiger partial charge in [0.25, 0.3) is 0 Å². The van der Waals surface area contributed by atoms with Crippen molar-refractivity contribution in [2.75, 3.05) is 6.66 Å². The summed E-state index contributed by atoms with van der Waals surface area (Å²) in [6, 6.07) is 12.8. The van der Waals surface area contributed by atoms with Gasteiger partial charge >= 0.3 is 13.8 Å². The predicted molar refractivity (Wildman–Crippen MR) is 81.9 cm³/mol. The average molecular weight is 365 g/mol. The van der Waals surface area contributed by atoms with Gasteiger partial charge in [-0.1, -0.05) is 41.9 Å². The lowest BCUT2D eigenvalue weighted by Crippen LogP contribution is -2.23. The lowest BCUT2D eigenvalue weighted by atomic mass is 10.1. The van der Waals surface area contributed by atoms with E-state index in [1.165, 1.54) is 36.4 Å². The van der Waals surface area contributed by atoms with Crippen LogP contribution >= 0.6 is 19.2 Å². The van der Waals surface area contributed by atoms with Crippen molar-refractivity contribution in [2.45, 2.75) is 12.3 Å². The molecule has 0 saturated carbocycles. The van der Waals surface area contributed by atoms with Crippen molar-refractivity contribution >= 4 is 19.2 Å². The fourth-order valence-electron chi connectivity index (χ4n) is 1.83. The summed E-state index contributed by atoms with van der Waals surface area (Å²) in [5.74, 6) is 0.162.